The molecule has 214 valence electrons. The molecule has 3 aliphatic heterocycles. The third-order valence-corrected chi connectivity index (χ3v) is 9.25. The molecule has 6 rings (SSSR count). The van der Waals surface area contributed by atoms with E-state index in [0.717, 1.165) is 106 Å². The molecule has 1 aliphatic carbocycles. The number of carbonyl (C=O) groups excluding carboxylic acids is 1. The molecular weight excluding hydrogens is 507 g/mol. The lowest BCUT2D eigenvalue weighted by atomic mass is 9.83. The van der Waals surface area contributed by atoms with Gasteiger partial charge < -0.3 is 24.7 Å². The van der Waals surface area contributed by atoms with Crippen LogP contribution in [-0.4, -0.2) is 68.5 Å². The normalized spacial score (nSPS) is 24.1. The zero-order valence-electron chi connectivity index (χ0n) is 23.3. The summed E-state index contributed by atoms with van der Waals surface area (Å²) in [7, 11) is 0. The zero-order valence-corrected chi connectivity index (χ0v) is 23.3. The van der Waals surface area contributed by atoms with Crippen LogP contribution in [0.25, 0.3) is 0 Å². The second-order valence-electron chi connectivity index (χ2n) is 11.8. The van der Waals surface area contributed by atoms with Gasteiger partial charge in [0.25, 0.3) is 5.91 Å². The molecule has 2 aromatic carbocycles. The summed E-state index contributed by atoms with van der Waals surface area (Å²) in [6, 6.07) is 13.2. The number of piperidine rings is 1. The van der Waals surface area contributed by atoms with Crippen molar-refractivity contribution in [2.75, 3.05) is 50.8 Å². The van der Waals surface area contributed by atoms with Crippen molar-refractivity contribution in [3.05, 3.63) is 65.0 Å². The van der Waals surface area contributed by atoms with E-state index < -0.39 is 0 Å². The SMILES string of the molecule is O=C(NC1CCC(CCN2CCC(C3=NOCc4ccc(F)cc43)CC2)CC1)c1ccc(N2CCOCC2)cc1. The number of nitrogens with one attached hydrogen (secondary N) is 1. The van der Waals surface area contributed by atoms with Gasteiger partial charge in [-0.3, -0.25) is 4.79 Å². The van der Waals surface area contributed by atoms with Crippen molar-refractivity contribution in [2.45, 2.75) is 57.6 Å². The van der Waals surface area contributed by atoms with Gasteiger partial charge in [0, 0.05) is 47.4 Å². The molecule has 4 aliphatic rings. The van der Waals surface area contributed by atoms with Gasteiger partial charge in [-0.1, -0.05) is 11.2 Å². The molecule has 2 saturated heterocycles. The average molecular weight is 549 g/mol. The van der Waals surface area contributed by atoms with Crippen molar-refractivity contribution in [1.82, 2.24) is 10.2 Å². The standard InChI is InChI=1S/C32H41FN4O3/c33-27-6-3-26-22-40-35-31(30(26)21-27)24-12-15-36(16-13-24)14-11-23-1-7-28(8-2-23)34-32(38)25-4-9-29(10-5-25)37-17-19-39-20-18-37/h3-6,9-10,21,23-24,28H,1-2,7-8,11-20,22H2,(H,34,38). The van der Waals surface area contributed by atoms with Crippen LogP contribution in [0.4, 0.5) is 10.1 Å². The number of morpholine rings is 1. The fourth-order valence-electron chi connectivity index (χ4n) is 6.73. The quantitative estimate of drug-likeness (QED) is 0.528. The Labute approximate surface area is 236 Å². The van der Waals surface area contributed by atoms with Gasteiger partial charge in [0.2, 0.25) is 0 Å². The average Bonchev–Trinajstić information content (AvgIpc) is 3.01. The Bertz CT molecular complexity index is 1180. The Morgan fingerprint density at radius 1 is 0.950 bits per heavy atom. The van der Waals surface area contributed by atoms with Crippen LogP contribution in [0.3, 0.4) is 0 Å². The third kappa shape index (κ3) is 6.50. The minimum atomic E-state index is -0.210. The maximum absolute atomic E-state index is 13.9. The number of fused-ring (bicyclic) bond motifs is 1. The van der Waals surface area contributed by atoms with Crippen molar-refractivity contribution >= 4 is 17.3 Å². The molecule has 0 radical (unpaired) electrons. The van der Waals surface area contributed by atoms with Crippen LogP contribution in [0.1, 0.15) is 66.4 Å². The van der Waals surface area contributed by atoms with E-state index in [-0.39, 0.29) is 17.8 Å². The molecular formula is C32H41FN4O3. The summed E-state index contributed by atoms with van der Waals surface area (Å²) in [6.07, 6.45) is 7.74. The molecule has 3 heterocycles. The molecule has 0 bridgehead atoms. The smallest absolute Gasteiger partial charge is 0.251 e. The number of halogens is 1. The maximum Gasteiger partial charge on any atom is 0.251 e. The highest BCUT2D eigenvalue weighted by Gasteiger charge is 2.29. The van der Waals surface area contributed by atoms with Crippen molar-refractivity contribution in [1.29, 1.82) is 0 Å². The van der Waals surface area contributed by atoms with Crippen LogP contribution in [-0.2, 0) is 16.2 Å². The van der Waals surface area contributed by atoms with Gasteiger partial charge in [0.1, 0.15) is 12.4 Å². The van der Waals surface area contributed by atoms with Gasteiger partial charge >= 0.3 is 0 Å². The summed E-state index contributed by atoms with van der Waals surface area (Å²) in [5, 5.41) is 7.62. The summed E-state index contributed by atoms with van der Waals surface area (Å²) >= 11 is 0. The summed E-state index contributed by atoms with van der Waals surface area (Å²) in [4.78, 5) is 23.2. The van der Waals surface area contributed by atoms with E-state index in [1.165, 1.54) is 25.3 Å². The molecule has 8 heteroatoms. The van der Waals surface area contributed by atoms with Crippen LogP contribution in [0.2, 0.25) is 0 Å². The highest BCUT2D eigenvalue weighted by Crippen LogP contribution is 2.30. The van der Waals surface area contributed by atoms with E-state index in [4.69, 9.17) is 9.57 Å². The molecule has 1 N–H and O–H groups in total. The lowest BCUT2D eigenvalue weighted by Gasteiger charge is -2.35. The van der Waals surface area contributed by atoms with Crippen LogP contribution in [0, 0.1) is 17.7 Å². The molecule has 0 spiro atoms. The minimum Gasteiger partial charge on any atom is -0.391 e. The van der Waals surface area contributed by atoms with Crippen LogP contribution in [0.5, 0.6) is 0 Å². The van der Waals surface area contributed by atoms with Gasteiger partial charge in [-0.2, -0.15) is 0 Å². The van der Waals surface area contributed by atoms with Gasteiger partial charge in [-0.15, -0.1) is 0 Å². The van der Waals surface area contributed by atoms with Gasteiger partial charge in [-0.25, -0.2) is 4.39 Å². The molecule has 7 nitrogen and oxygen atoms in total. The number of amides is 1. The van der Waals surface area contributed by atoms with E-state index in [2.05, 4.69) is 32.4 Å². The van der Waals surface area contributed by atoms with Gasteiger partial charge in [0.15, 0.2) is 0 Å². The van der Waals surface area contributed by atoms with Gasteiger partial charge in [-0.05, 0) is 107 Å². The first-order valence-corrected chi connectivity index (χ1v) is 15.1. The van der Waals surface area contributed by atoms with Crippen molar-refractivity contribution in [3.63, 3.8) is 0 Å². The Balaban J connectivity index is 0.902. The minimum absolute atomic E-state index is 0.0400. The lowest BCUT2D eigenvalue weighted by molar-refractivity contribution is 0.0919. The van der Waals surface area contributed by atoms with Crippen LogP contribution < -0.4 is 10.2 Å². The van der Waals surface area contributed by atoms with Crippen molar-refractivity contribution in [3.8, 4) is 0 Å². The van der Waals surface area contributed by atoms with E-state index in [0.29, 0.717) is 12.5 Å². The molecule has 2 aromatic rings. The third-order valence-electron chi connectivity index (χ3n) is 9.25. The summed E-state index contributed by atoms with van der Waals surface area (Å²) in [5.41, 5.74) is 4.78. The molecule has 3 fully saturated rings. The van der Waals surface area contributed by atoms with Crippen LogP contribution in [0.15, 0.2) is 47.6 Å². The molecule has 40 heavy (non-hydrogen) atoms. The van der Waals surface area contributed by atoms with E-state index in [1.807, 2.05) is 18.2 Å². The van der Waals surface area contributed by atoms with Crippen molar-refractivity contribution < 1.29 is 18.8 Å². The predicted octanol–water partition coefficient (Wildman–Crippen LogP) is 4.99. The highest BCUT2D eigenvalue weighted by atomic mass is 19.1. The topological polar surface area (TPSA) is 66.4 Å². The Hall–Kier alpha value is -2.97. The Kier molecular flexibility index (Phi) is 8.63. The second kappa shape index (κ2) is 12.7. The number of rotatable bonds is 7. The fourth-order valence-corrected chi connectivity index (χ4v) is 6.73. The number of benzene rings is 2. The number of anilines is 1. The number of hydrogen-bond donors (Lipinski definition) is 1. The second-order valence-corrected chi connectivity index (χ2v) is 11.8. The largest absolute Gasteiger partial charge is 0.391 e. The van der Waals surface area contributed by atoms with Crippen molar-refractivity contribution in [2.24, 2.45) is 17.0 Å². The summed E-state index contributed by atoms with van der Waals surface area (Å²) < 4.78 is 19.3. The lowest BCUT2D eigenvalue weighted by Crippen LogP contribution is -2.40. The number of hydrogen-bond acceptors (Lipinski definition) is 6. The highest BCUT2D eigenvalue weighted by molar-refractivity contribution is 6.03. The molecule has 0 unspecified atom stereocenters. The Morgan fingerprint density at radius 2 is 1.70 bits per heavy atom. The number of oxime groups is 1. The monoisotopic (exact) mass is 548 g/mol. The number of ether oxygens (including phenoxy) is 1. The number of nitrogens with zero attached hydrogens (tertiary/aromatic N) is 3. The zero-order chi connectivity index (χ0) is 27.3. The summed E-state index contributed by atoms with van der Waals surface area (Å²) in [5.74, 6) is 0.882. The van der Waals surface area contributed by atoms with E-state index in [9.17, 15) is 9.18 Å². The van der Waals surface area contributed by atoms with E-state index >= 15 is 0 Å². The van der Waals surface area contributed by atoms with Gasteiger partial charge in [0.05, 0.1) is 18.9 Å². The summed E-state index contributed by atoms with van der Waals surface area (Å²) in [6.45, 7) is 6.95. The predicted molar refractivity (Wildman–Crippen MR) is 154 cm³/mol. The first-order chi connectivity index (χ1) is 19.6. The fraction of sp³-hybridized carbons (Fsp3) is 0.562. The van der Waals surface area contributed by atoms with Crippen LogP contribution >= 0.6 is 0 Å². The number of carbonyl (C=O) groups is 1. The first kappa shape index (κ1) is 27.2. The Morgan fingerprint density at radius 3 is 2.45 bits per heavy atom. The maximum atomic E-state index is 13.9. The molecule has 1 amide bonds. The molecule has 0 atom stereocenters. The first-order valence-electron chi connectivity index (χ1n) is 15.1. The molecule has 0 aromatic heterocycles. The molecule has 1 saturated carbocycles. The van der Waals surface area contributed by atoms with E-state index in [1.54, 1.807) is 6.07 Å². The number of likely N-dealkylation sites (tertiary alicyclic amines) is 1.